The molecule has 1 fully saturated rings. The van der Waals surface area contributed by atoms with Crippen LogP contribution in [0.15, 0.2) is 28.0 Å². The van der Waals surface area contributed by atoms with Crippen molar-refractivity contribution in [3.63, 3.8) is 0 Å². The highest BCUT2D eigenvalue weighted by Crippen LogP contribution is 2.22. The maximum Gasteiger partial charge on any atom is 0.191 e. The number of furan rings is 1. The van der Waals surface area contributed by atoms with Crippen molar-refractivity contribution in [3.8, 4) is 0 Å². The van der Waals surface area contributed by atoms with E-state index in [1.165, 1.54) is 0 Å². The van der Waals surface area contributed by atoms with Crippen molar-refractivity contribution in [2.45, 2.75) is 50.4 Å². The smallest absolute Gasteiger partial charge is 0.191 e. The highest BCUT2D eigenvalue weighted by Gasteiger charge is 2.25. The Balaban J connectivity index is 1.82. The van der Waals surface area contributed by atoms with Crippen LogP contribution in [-0.4, -0.2) is 34.3 Å². The van der Waals surface area contributed by atoms with Crippen molar-refractivity contribution in [1.82, 2.24) is 10.6 Å². The van der Waals surface area contributed by atoms with Crippen molar-refractivity contribution in [2.75, 3.05) is 12.8 Å². The van der Waals surface area contributed by atoms with E-state index in [0.717, 1.165) is 43.0 Å². The third-order valence-electron chi connectivity index (χ3n) is 3.89. The molecule has 1 saturated carbocycles. The number of nitrogens with zero attached hydrogens (tertiary/aromatic N) is 1. The van der Waals surface area contributed by atoms with E-state index in [0.29, 0.717) is 17.8 Å². The molecule has 0 radical (unpaired) electrons. The van der Waals surface area contributed by atoms with Gasteiger partial charge in [-0.2, -0.15) is 0 Å². The standard InChI is InChI=1S/C15H25N3O2S/c1-3-21(19)14-6-4-5-13(9-14)18-15(16-2)17-10-12-7-8-20-11-12/h7-8,11,13-14H,3-6,9-10H2,1-2H3,(H2,16,17,18). The van der Waals surface area contributed by atoms with Gasteiger partial charge in [0, 0.05) is 47.0 Å². The molecule has 118 valence electrons. The van der Waals surface area contributed by atoms with Crippen LogP contribution in [0.1, 0.15) is 38.2 Å². The van der Waals surface area contributed by atoms with Gasteiger partial charge in [-0.25, -0.2) is 0 Å². The summed E-state index contributed by atoms with van der Waals surface area (Å²) >= 11 is 0. The van der Waals surface area contributed by atoms with Gasteiger partial charge in [-0.15, -0.1) is 0 Å². The Morgan fingerprint density at radius 2 is 2.38 bits per heavy atom. The van der Waals surface area contributed by atoms with Gasteiger partial charge in [-0.1, -0.05) is 13.3 Å². The van der Waals surface area contributed by atoms with Gasteiger partial charge in [-0.05, 0) is 25.3 Å². The molecule has 0 amide bonds. The molecule has 2 rings (SSSR count). The van der Waals surface area contributed by atoms with E-state index < -0.39 is 10.8 Å². The van der Waals surface area contributed by atoms with Crippen molar-refractivity contribution in [1.29, 1.82) is 0 Å². The minimum Gasteiger partial charge on any atom is -0.472 e. The van der Waals surface area contributed by atoms with E-state index in [2.05, 4.69) is 15.6 Å². The highest BCUT2D eigenvalue weighted by atomic mass is 32.2. The minimum atomic E-state index is -0.692. The zero-order chi connectivity index (χ0) is 15.1. The van der Waals surface area contributed by atoms with Crippen LogP contribution in [0.5, 0.6) is 0 Å². The van der Waals surface area contributed by atoms with Crippen LogP contribution in [0.2, 0.25) is 0 Å². The molecule has 2 N–H and O–H groups in total. The fourth-order valence-corrected chi connectivity index (χ4v) is 4.07. The van der Waals surface area contributed by atoms with E-state index in [-0.39, 0.29) is 0 Å². The number of rotatable bonds is 5. The van der Waals surface area contributed by atoms with E-state index >= 15 is 0 Å². The lowest BCUT2D eigenvalue weighted by atomic mass is 9.95. The lowest BCUT2D eigenvalue weighted by molar-refractivity contribution is 0.413. The Bertz CT molecular complexity index is 473. The predicted octanol–water partition coefficient (Wildman–Crippen LogP) is 2.02. The first kappa shape index (κ1) is 16.1. The average Bonchev–Trinajstić information content (AvgIpc) is 3.04. The summed E-state index contributed by atoms with van der Waals surface area (Å²) < 4.78 is 17.0. The predicted molar refractivity (Wildman–Crippen MR) is 86.8 cm³/mol. The first-order valence-corrected chi connectivity index (χ1v) is 8.96. The molecule has 5 nitrogen and oxygen atoms in total. The van der Waals surface area contributed by atoms with E-state index in [1.54, 1.807) is 19.6 Å². The molecule has 0 bridgehead atoms. The summed E-state index contributed by atoms with van der Waals surface area (Å²) in [6.45, 7) is 2.69. The molecule has 0 aromatic carbocycles. The molecule has 0 saturated heterocycles. The topological polar surface area (TPSA) is 66.6 Å². The third-order valence-corrected chi connectivity index (χ3v) is 5.63. The maximum atomic E-state index is 12.0. The Morgan fingerprint density at radius 1 is 1.52 bits per heavy atom. The second-order valence-corrected chi connectivity index (χ2v) is 7.36. The van der Waals surface area contributed by atoms with Gasteiger partial charge in [0.1, 0.15) is 0 Å². The molecule has 1 aliphatic carbocycles. The van der Waals surface area contributed by atoms with Gasteiger partial charge in [0.25, 0.3) is 0 Å². The average molecular weight is 311 g/mol. The normalized spacial score (nSPS) is 24.6. The molecule has 1 aliphatic rings. The lowest BCUT2D eigenvalue weighted by Crippen LogP contribution is -2.46. The number of nitrogens with one attached hydrogen (secondary N) is 2. The molecule has 0 spiro atoms. The fourth-order valence-electron chi connectivity index (χ4n) is 2.72. The number of aliphatic imine (C=N–C) groups is 1. The quantitative estimate of drug-likeness (QED) is 0.645. The summed E-state index contributed by atoms with van der Waals surface area (Å²) in [6, 6.07) is 2.29. The molecule has 3 atom stereocenters. The lowest BCUT2D eigenvalue weighted by Gasteiger charge is -2.30. The van der Waals surface area contributed by atoms with Gasteiger partial charge in [0.2, 0.25) is 0 Å². The molecule has 6 heteroatoms. The number of hydrogen-bond acceptors (Lipinski definition) is 3. The van der Waals surface area contributed by atoms with Gasteiger partial charge < -0.3 is 15.1 Å². The molecule has 1 aromatic heterocycles. The Kier molecular flexibility index (Phi) is 6.29. The monoisotopic (exact) mass is 311 g/mol. The second-order valence-electron chi connectivity index (χ2n) is 5.36. The first-order valence-electron chi connectivity index (χ1n) is 7.58. The van der Waals surface area contributed by atoms with Crippen molar-refractivity contribution >= 4 is 16.8 Å². The van der Waals surface area contributed by atoms with Crippen LogP contribution < -0.4 is 10.6 Å². The SMILES string of the molecule is CCS(=O)C1CCCC(NC(=NC)NCc2ccoc2)C1. The Labute approximate surface area is 129 Å². The molecule has 0 aliphatic heterocycles. The van der Waals surface area contributed by atoms with Gasteiger partial charge in [-0.3, -0.25) is 9.20 Å². The molecule has 3 unspecified atom stereocenters. The zero-order valence-corrected chi connectivity index (χ0v) is 13.6. The largest absolute Gasteiger partial charge is 0.472 e. The Hall–Kier alpha value is -1.30. The van der Waals surface area contributed by atoms with Gasteiger partial charge in [0.15, 0.2) is 5.96 Å². The Morgan fingerprint density at radius 3 is 3.05 bits per heavy atom. The summed E-state index contributed by atoms with van der Waals surface area (Å²) in [6.07, 6.45) is 7.68. The summed E-state index contributed by atoms with van der Waals surface area (Å²) in [5, 5.41) is 7.06. The number of guanidine groups is 1. The van der Waals surface area contributed by atoms with Crippen LogP contribution in [0.4, 0.5) is 0 Å². The van der Waals surface area contributed by atoms with Crippen molar-refractivity contribution in [3.05, 3.63) is 24.2 Å². The molecular weight excluding hydrogens is 286 g/mol. The summed E-state index contributed by atoms with van der Waals surface area (Å²) in [7, 11) is 1.08. The van der Waals surface area contributed by atoms with E-state index in [9.17, 15) is 4.21 Å². The molecule has 1 heterocycles. The summed E-state index contributed by atoms with van der Waals surface area (Å²) in [5.41, 5.74) is 1.09. The minimum absolute atomic E-state index is 0.327. The van der Waals surface area contributed by atoms with Crippen molar-refractivity contribution < 1.29 is 8.63 Å². The van der Waals surface area contributed by atoms with Crippen LogP contribution in [0, 0.1) is 0 Å². The number of hydrogen-bond donors (Lipinski definition) is 2. The highest BCUT2D eigenvalue weighted by molar-refractivity contribution is 7.85. The third kappa shape index (κ3) is 4.88. The van der Waals surface area contributed by atoms with Gasteiger partial charge >= 0.3 is 0 Å². The molecule has 1 aromatic rings. The first-order chi connectivity index (χ1) is 10.2. The molecule has 21 heavy (non-hydrogen) atoms. The van der Waals surface area contributed by atoms with Crippen molar-refractivity contribution in [2.24, 2.45) is 4.99 Å². The van der Waals surface area contributed by atoms with Crippen LogP contribution in [0.25, 0.3) is 0 Å². The van der Waals surface area contributed by atoms with Crippen LogP contribution in [-0.2, 0) is 17.3 Å². The summed E-state index contributed by atoms with van der Waals surface area (Å²) in [4.78, 5) is 4.26. The fraction of sp³-hybridized carbons (Fsp3) is 0.667. The van der Waals surface area contributed by atoms with Gasteiger partial charge in [0.05, 0.1) is 12.5 Å². The molecular formula is C15H25N3O2S. The summed E-state index contributed by atoms with van der Waals surface area (Å²) in [5.74, 6) is 1.55. The van der Waals surface area contributed by atoms with Crippen LogP contribution in [0.3, 0.4) is 0 Å². The second kappa shape index (κ2) is 8.22. The van der Waals surface area contributed by atoms with Crippen LogP contribution >= 0.6 is 0 Å². The van der Waals surface area contributed by atoms with E-state index in [4.69, 9.17) is 4.42 Å². The zero-order valence-electron chi connectivity index (χ0n) is 12.8. The van der Waals surface area contributed by atoms with E-state index in [1.807, 2.05) is 13.0 Å². The maximum absolute atomic E-state index is 12.0.